The van der Waals surface area contributed by atoms with Crippen LogP contribution in [0.15, 0.2) is 4.99 Å². The number of hydrogen-bond donors (Lipinski definition) is 9. The lowest BCUT2D eigenvalue weighted by molar-refractivity contribution is -0.144. The van der Waals surface area contributed by atoms with Crippen LogP contribution in [0, 0.1) is 0 Å². The van der Waals surface area contributed by atoms with Gasteiger partial charge in [-0.15, -0.1) is 0 Å². The number of hydrogen-bond acceptors (Lipinski definition) is 8. The Morgan fingerprint density at radius 1 is 1.06 bits per heavy atom. The normalized spacial score (nSPS) is 14.7. The van der Waals surface area contributed by atoms with Crippen molar-refractivity contribution in [3.63, 3.8) is 0 Å². The molecule has 0 aromatic carbocycles. The van der Waals surface area contributed by atoms with E-state index in [-0.39, 0.29) is 18.9 Å². The molecule has 0 unspecified atom stereocenters. The lowest BCUT2D eigenvalue weighted by Crippen LogP contribution is -2.58. The van der Waals surface area contributed by atoms with Crippen molar-refractivity contribution in [1.82, 2.24) is 16.0 Å². The van der Waals surface area contributed by atoms with Crippen LogP contribution in [0.4, 0.5) is 0 Å². The van der Waals surface area contributed by atoms with Crippen LogP contribution in [0.2, 0.25) is 0 Å². The number of thiol groups is 1. The maximum absolute atomic E-state index is 12.4. The van der Waals surface area contributed by atoms with Gasteiger partial charge in [0.25, 0.3) is 0 Å². The third kappa shape index (κ3) is 11.9. The maximum Gasteiger partial charge on any atom is 0.327 e. The highest BCUT2D eigenvalue weighted by Gasteiger charge is 2.36. The largest absolute Gasteiger partial charge is 0.481 e. The van der Waals surface area contributed by atoms with E-state index in [0.717, 1.165) is 0 Å². The summed E-state index contributed by atoms with van der Waals surface area (Å²) in [6.45, 7) is 3.99. The highest BCUT2D eigenvalue weighted by Crippen LogP contribution is 2.18. The molecule has 11 N–H and O–H groups in total. The first-order valence-electron chi connectivity index (χ1n) is 9.86. The lowest BCUT2D eigenvalue weighted by atomic mass is 9.96. The fraction of sp³-hybridized carbons (Fsp3) is 0.667. The topological polar surface area (TPSA) is 252 Å². The molecule has 0 aromatic rings. The minimum Gasteiger partial charge on any atom is -0.481 e. The Bertz CT molecular complexity index is 777. The Labute approximate surface area is 196 Å². The molecule has 0 aromatic heterocycles. The summed E-state index contributed by atoms with van der Waals surface area (Å²) < 4.78 is -1.18. The second-order valence-corrected chi connectivity index (χ2v) is 9.31. The van der Waals surface area contributed by atoms with Crippen LogP contribution < -0.4 is 33.2 Å². The van der Waals surface area contributed by atoms with Crippen molar-refractivity contribution in [2.24, 2.45) is 22.2 Å². The smallest absolute Gasteiger partial charge is 0.327 e. The number of rotatable bonds is 14. The molecule has 3 amide bonds. The summed E-state index contributed by atoms with van der Waals surface area (Å²) in [6.07, 6.45) is -0.209. The van der Waals surface area contributed by atoms with Gasteiger partial charge in [0.15, 0.2) is 5.96 Å². The minimum absolute atomic E-state index is 0.0950. The van der Waals surface area contributed by atoms with Crippen molar-refractivity contribution in [2.75, 3.05) is 13.1 Å². The summed E-state index contributed by atoms with van der Waals surface area (Å²) in [7, 11) is 0. The van der Waals surface area contributed by atoms with Gasteiger partial charge in [0.05, 0.1) is 18.5 Å². The average molecular weight is 492 g/mol. The monoisotopic (exact) mass is 491 g/mol. The summed E-state index contributed by atoms with van der Waals surface area (Å²) in [6, 6.07) is -3.05. The van der Waals surface area contributed by atoms with E-state index < -0.39 is 65.0 Å². The first-order valence-corrected chi connectivity index (χ1v) is 10.3. The van der Waals surface area contributed by atoms with E-state index in [0.29, 0.717) is 6.42 Å². The highest BCUT2D eigenvalue weighted by molar-refractivity contribution is 7.81. The molecular formula is C18H33N7O7S. The Balaban J connectivity index is 5.01. The zero-order chi connectivity index (χ0) is 26.0. The minimum atomic E-state index is -1.59. The Morgan fingerprint density at radius 3 is 2.09 bits per heavy atom. The standard InChI is InChI=1S/C18H33N7O7S/c1-17(2,33)12(14(30)31)25-13(29)9(7-11(27)28)24-10(26)8-23-15(32)18(3,21)5-4-6-22-16(19)20/h9,12,33H,4-8,21H2,1-3H3,(H,23,32)(H,24,26)(H,25,29)(H,27,28)(H,30,31)(H4,19,20,22)/t9-,12+,18-/m0/s1. The molecule has 0 radical (unpaired) electrons. The molecule has 0 fully saturated rings. The molecule has 0 spiro atoms. The fourth-order valence-corrected chi connectivity index (χ4v) is 2.72. The number of carbonyl (C=O) groups is 5. The molecule has 0 heterocycles. The molecule has 0 bridgehead atoms. The van der Waals surface area contributed by atoms with Gasteiger partial charge < -0.3 is 43.4 Å². The Morgan fingerprint density at radius 2 is 1.64 bits per heavy atom. The number of aliphatic imine (C=N–C) groups is 1. The van der Waals surface area contributed by atoms with Gasteiger partial charge in [-0.2, -0.15) is 12.6 Å². The van der Waals surface area contributed by atoms with E-state index in [2.05, 4.69) is 33.6 Å². The van der Waals surface area contributed by atoms with Gasteiger partial charge in [0.2, 0.25) is 17.7 Å². The molecule has 0 aliphatic heterocycles. The molecule has 0 aliphatic rings. The van der Waals surface area contributed by atoms with Crippen LogP contribution in [-0.4, -0.2) is 81.3 Å². The maximum atomic E-state index is 12.4. The highest BCUT2D eigenvalue weighted by atomic mass is 32.1. The van der Waals surface area contributed by atoms with Crippen molar-refractivity contribution < 1.29 is 34.2 Å². The lowest BCUT2D eigenvalue weighted by Gasteiger charge is -2.28. The van der Waals surface area contributed by atoms with Gasteiger partial charge in [-0.05, 0) is 33.6 Å². The van der Waals surface area contributed by atoms with Crippen LogP contribution in [0.25, 0.3) is 0 Å². The number of amides is 3. The van der Waals surface area contributed by atoms with Crippen LogP contribution in [0.5, 0.6) is 0 Å². The van der Waals surface area contributed by atoms with Crippen LogP contribution in [0.1, 0.15) is 40.0 Å². The van der Waals surface area contributed by atoms with Gasteiger partial charge >= 0.3 is 11.9 Å². The number of nitrogens with two attached hydrogens (primary N) is 3. The third-order valence-corrected chi connectivity index (χ3v) is 4.61. The number of carbonyl (C=O) groups excluding carboxylic acids is 3. The number of guanidine groups is 1. The molecule has 15 heteroatoms. The summed E-state index contributed by atoms with van der Waals surface area (Å²) in [5, 5.41) is 25.0. The zero-order valence-electron chi connectivity index (χ0n) is 18.8. The molecule has 33 heavy (non-hydrogen) atoms. The summed E-state index contributed by atoms with van der Waals surface area (Å²) in [5.74, 6) is -5.47. The molecule has 0 rings (SSSR count). The third-order valence-electron chi connectivity index (χ3n) is 4.35. The first-order chi connectivity index (χ1) is 15.0. The van der Waals surface area contributed by atoms with Crippen LogP contribution >= 0.6 is 12.6 Å². The van der Waals surface area contributed by atoms with E-state index in [9.17, 15) is 29.1 Å². The first kappa shape index (κ1) is 29.9. The van der Waals surface area contributed by atoms with Gasteiger partial charge in [-0.25, -0.2) is 4.79 Å². The van der Waals surface area contributed by atoms with Crippen LogP contribution in [-0.2, 0) is 24.0 Å². The van der Waals surface area contributed by atoms with Crippen molar-refractivity contribution in [1.29, 1.82) is 0 Å². The molecule has 0 aliphatic carbocycles. The number of nitrogens with zero attached hydrogens (tertiary/aromatic N) is 1. The van der Waals surface area contributed by atoms with Gasteiger partial charge in [0, 0.05) is 11.3 Å². The van der Waals surface area contributed by atoms with Crippen LogP contribution in [0.3, 0.4) is 0 Å². The predicted molar refractivity (Wildman–Crippen MR) is 122 cm³/mol. The van der Waals surface area contributed by atoms with E-state index in [4.69, 9.17) is 22.3 Å². The fourth-order valence-electron chi connectivity index (χ4n) is 2.54. The van der Waals surface area contributed by atoms with E-state index >= 15 is 0 Å². The molecular weight excluding hydrogens is 458 g/mol. The SMILES string of the molecule is CC(C)(S)[C@H](NC(=O)[C@H](CC(=O)O)NC(=O)CNC(=O)[C@@](C)(N)CCCN=C(N)N)C(=O)O. The summed E-state index contributed by atoms with van der Waals surface area (Å²) >= 11 is 4.12. The quantitative estimate of drug-likeness (QED) is 0.0518. The van der Waals surface area contributed by atoms with Gasteiger partial charge in [-0.3, -0.25) is 24.2 Å². The molecule has 0 saturated carbocycles. The summed E-state index contributed by atoms with van der Waals surface area (Å²) in [5.41, 5.74) is 15.0. The Hall–Kier alpha value is -3.07. The number of nitrogens with one attached hydrogen (secondary N) is 3. The zero-order valence-corrected chi connectivity index (χ0v) is 19.6. The Kier molecular flexibility index (Phi) is 11.6. The van der Waals surface area contributed by atoms with Crippen molar-refractivity contribution in [3.05, 3.63) is 0 Å². The van der Waals surface area contributed by atoms with E-state index in [1.807, 2.05) is 0 Å². The molecule has 14 nitrogen and oxygen atoms in total. The molecule has 0 saturated heterocycles. The van der Waals surface area contributed by atoms with Crippen molar-refractivity contribution in [2.45, 2.75) is 62.4 Å². The number of carboxylic acids is 2. The van der Waals surface area contributed by atoms with Gasteiger partial charge in [0.1, 0.15) is 12.1 Å². The second kappa shape index (κ2) is 12.8. The molecule has 188 valence electrons. The summed E-state index contributed by atoms with van der Waals surface area (Å²) in [4.78, 5) is 63.2. The average Bonchev–Trinajstić information content (AvgIpc) is 2.65. The van der Waals surface area contributed by atoms with E-state index in [1.165, 1.54) is 20.8 Å². The van der Waals surface area contributed by atoms with Gasteiger partial charge in [-0.1, -0.05) is 0 Å². The van der Waals surface area contributed by atoms with Crippen molar-refractivity contribution in [3.8, 4) is 0 Å². The second-order valence-electron chi connectivity index (χ2n) is 8.16. The number of aliphatic carboxylic acids is 2. The van der Waals surface area contributed by atoms with E-state index in [1.54, 1.807) is 0 Å². The van der Waals surface area contributed by atoms with Crippen molar-refractivity contribution >= 4 is 48.2 Å². The molecule has 3 atom stereocenters. The predicted octanol–water partition coefficient (Wildman–Crippen LogP) is -2.89. The number of carboxylic acid groups (broad SMARTS) is 2.